The average Bonchev–Trinajstić information content (AvgIpc) is 3.06. The summed E-state index contributed by atoms with van der Waals surface area (Å²) in [4.78, 5) is 0. The summed E-state index contributed by atoms with van der Waals surface area (Å²) in [5, 5.41) is 0. The summed E-state index contributed by atoms with van der Waals surface area (Å²) < 4.78 is 208. The van der Waals surface area contributed by atoms with Crippen LogP contribution in [0.15, 0.2) is 121 Å². The molecule has 0 aliphatic heterocycles. The standard InChI is InChI=1S/C35H20F15Te.Li/c36-31(37,38)21-1-11-26(12-2-21)51(27-13-3-22(4-14-27)32(39,40)41,28-15-5-23(6-16-28)33(42,43)44,29-17-7-24(8-18-29)34(45,46)47)30-19-9-25(10-20-30)35(48,49)50;/h1-20H;. The first-order valence-corrected chi connectivity index (χ1v) is 22.8. The van der Waals surface area contributed by atoms with Gasteiger partial charge < -0.3 is 0 Å². The van der Waals surface area contributed by atoms with Gasteiger partial charge in [0.15, 0.2) is 0 Å². The second-order valence-electron chi connectivity index (χ2n) is 12.2. The third-order valence-electron chi connectivity index (χ3n) is 9.44. The van der Waals surface area contributed by atoms with Crippen molar-refractivity contribution in [1.82, 2.24) is 0 Å². The molecule has 5 aromatic carbocycles. The number of benzene rings is 5. The molecular weight excluding hydrogens is 840 g/mol. The average molecular weight is 860 g/mol. The van der Waals surface area contributed by atoms with Gasteiger partial charge in [0.05, 0.1) is 0 Å². The van der Waals surface area contributed by atoms with E-state index in [0.29, 0.717) is 60.7 Å². The summed E-state index contributed by atoms with van der Waals surface area (Å²) >= 11 is -6.10. The van der Waals surface area contributed by atoms with Crippen LogP contribution in [0, 0.1) is 0 Å². The maximum atomic E-state index is 13.9. The van der Waals surface area contributed by atoms with E-state index in [4.69, 9.17) is 0 Å². The number of hydrogen-bond acceptors (Lipinski definition) is 0. The number of halogens is 15. The molecule has 0 fully saturated rings. The van der Waals surface area contributed by atoms with Gasteiger partial charge >= 0.3 is 291 Å². The molecule has 0 N–H and O–H groups in total. The summed E-state index contributed by atoms with van der Waals surface area (Å²) in [7, 11) is 0. The minimum absolute atomic E-state index is 0.214. The van der Waals surface area contributed by atoms with E-state index in [-0.39, 0.29) is 18.1 Å². The molecule has 17 heteroatoms. The Labute approximate surface area is 289 Å². The molecule has 0 saturated carbocycles. The van der Waals surface area contributed by atoms with Gasteiger partial charge in [0.1, 0.15) is 0 Å². The predicted molar refractivity (Wildman–Crippen MR) is 167 cm³/mol. The number of rotatable bonds is 5. The van der Waals surface area contributed by atoms with Gasteiger partial charge in [-0.2, -0.15) is 0 Å². The Morgan fingerprint density at radius 1 is 0.250 bits per heavy atom. The Balaban J connectivity index is 2.16. The Morgan fingerprint density at radius 3 is 0.462 bits per heavy atom. The molecule has 272 valence electrons. The first kappa shape index (κ1) is 39.6. The van der Waals surface area contributed by atoms with E-state index < -0.39 is 71.5 Å². The van der Waals surface area contributed by atoms with Gasteiger partial charge in [0.2, 0.25) is 0 Å². The van der Waals surface area contributed by atoms with Crippen molar-refractivity contribution < 1.29 is 65.9 Å². The van der Waals surface area contributed by atoms with Crippen molar-refractivity contribution in [2.45, 2.75) is 30.9 Å². The van der Waals surface area contributed by atoms with Crippen LogP contribution in [-0.2, 0) is 30.9 Å². The van der Waals surface area contributed by atoms with Crippen molar-refractivity contribution in [3.05, 3.63) is 149 Å². The normalized spacial score (nSPS) is 14.9. The van der Waals surface area contributed by atoms with Crippen molar-refractivity contribution in [2.24, 2.45) is 0 Å². The summed E-state index contributed by atoms with van der Waals surface area (Å²) in [5.74, 6) is 0. The third-order valence-corrected chi connectivity index (χ3v) is 33.5. The van der Waals surface area contributed by atoms with Crippen molar-refractivity contribution in [2.75, 3.05) is 0 Å². The molecule has 0 nitrogen and oxygen atoms in total. The first-order chi connectivity index (χ1) is 23.7. The fraction of sp³-hybridized carbons (Fsp3) is 0.143. The van der Waals surface area contributed by atoms with Gasteiger partial charge in [0, 0.05) is 0 Å². The molecule has 0 spiro atoms. The first-order valence-electron chi connectivity index (χ1n) is 14.6. The van der Waals surface area contributed by atoms with Crippen molar-refractivity contribution >= 4 is 45.2 Å². The monoisotopic (exact) mass is 862 g/mol. The Bertz CT molecular complexity index is 1710. The molecule has 52 heavy (non-hydrogen) atoms. The second-order valence-corrected chi connectivity index (χ2v) is 30.5. The van der Waals surface area contributed by atoms with E-state index in [0.717, 1.165) is 60.7 Å². The predicted octanol–water partition coefficient (Wildman–Crippen LogP) is 8.64. The van der Waals surface area contributed by atoms with Gasteiger partial charge in [-0.25, -0.2) is 0 Å². The summed E-state index contributed by atoms with van der Waals surface area (Å²) in [6.45, 7) is 0. The summed E-state index contributed by atoms with van der Waals surface area (Å²) in [5.41, 5.74) is -6.22. The Morgan fingerprint density at radius 2 is 0.365 bits per heavy atom. The second kappa shape index (κ2) is 12.2. The molecule has 0 saturated heterocycles. The van der Waals surface area contributed by atoms with E-state index >= 15 is 0 Å². The zero-order chi connectivity index (χ0) is 38.8. The van der Waals surface area contributed by atoms with Crippen LogP contribution in [0.2, 0.25) is 0 Å². The van der Waals surface area contributed by atoms with E-state index in [1.165, 1.54) is 14.3 Å². The molecule has 0 atom stereocenters. The van der Waals surface area contributed by atoms with Crippen LogP contribution in [-0.4, -0.2) is 27.1 Å². The Hall–Kier alpha value is -3.56. The van der Waals surface area contributed by atoms with Crippen LogP contribution in [0.4, 0.5) is 65.9 Å². The molecule has 0 aliphatic rings. The van der Waals surface area contributed by atoms with Crippen LogP contribution < -0.4 is 18.1 Å². The molecule has 5 aromatic rings. The third kappa shape index (κ3) is 6.00. The quantitative estimate of drug-likeness (QED) is 0.123. The SMILES string of the molecule is [Li][Te](c1ccc(C(F)(F)F)cc1)(c1ccc(C(F)(F)F)cc1)(c1ccc(C(F)(F)F)cc1)(c1ccc(C(F)(F)F)cc1)c1ccc(C(F)(F)F)cc1. The van der Waals surface area contributed by atoms with Crippen molar-refractivity contribution in [3.63, 3.8) is 0 Å². The molecule has 0 heterocycles. The maximum absolute atomic E-state index is 13.9. The minimum atomic E-state index is -7.42. The number of alkyl halides is 15. The molecular formula is C35H20F15LiTe. The fourth-order valence-electron chi connectivity index (χ4n) is 6.62. The van der Waals surface area contributed by atoms with Gasteiger partial charge in [-0.05, 0) is 0 Å². The molecule has 0 unspecified atom stereocenters. The van der Waals surface area contributed by atoms with E-state index in [2.05, 4.69) is 0 Å². The zero-order valence-electron chi connectivity index (χ0n) is 26.1. The molecule has 0 aromatic heterocycles. The molecule has 5 rings (SSSR count). The van der Waals surface area contributed by atoms with Crippen molar-refractivity contribution in [1.29, 1.82) is 0 Å². The summed E-state index contributed by atoms with van der Waals surface area (Å²) in [6, 6.07) is 14.8. The van der Waals surface area contributed by atoms with Crippen LogP contribution >= 0.6 is 0 Å². The molecule has 0 amide bonds. The van der Waals surface area contributed by atoms with E-state index in [1.807, 2.05) is 0 Å². The van der Waals surface area contributed by atoms with E-state index in [1.54, 1.807) is 0 Å². The topological polar surface area (TPSA) is 0 Å². The van der Waals surface area contributed by atoms with Gasteiger partial charge in [-0.3, -0.25) is 0 Å². The Kier molecular flexibility index (Phi) is 9.33. The van der Waals surface area contributed by atoms with Crippen molar-refractivity contribution in [3.8, 4) is 0 Å². The summed E-state index contributed by atoms with van der Waals surface area (Å²) in [6.07, 6.45) is -24.8. The van der Waals surface area contributed by atoms with Gasteiger partial charge in [-0.15, -0.1) is 0 Å². The van der Waals surface area contributed by atoms with Gasteiger partial charge in [-0.1, -0.05) is 0 Å². The van der Waals surface area contributed by atoms with Crippen LogP contribution in [0.25, 0.3) is 0 Å². The van der Waals surface area contributed by atoms with Crippen LogP contribution in [0.1, 0.15) is 27.8 Å². The van der Waals surface area contributed by atoms with E-state index in [9.17, 15) is 65.9 Å². The van der Waals surface area contributed by atoms with Crippen LogP contribution in [0.5, 0.6) is 0 Å². The van der Waals surface area contributed by atoms with Crippen LogP contribution in [0.3, 0.4) is 0 Å². The molecule has 0 radical (unpaired) electrons. The zero-order valence-corrected chi connectivity index (χ0v) is 28.5. The molecule has 0 bridgehead atoms. The van der Waals surface area contributed by atoms with Gasteiger partial charge in [0.25, 0.3) is 0 Å². The molecule has 0 aliphatic carbocycles. The fourth-order valence-corrected chi connectivity index (χ4v) is 28.0. The number of hydrogen-bond donors (Lipinski definition) is 0.